The van der Waals surface area contributed by atoms with Gasteiger partial charge in [0.25, 0.3) is 0 Å². The van der Waals surface area contributed by atoms with Crippen LogP contribution >= 0.6 is 0 Å². The minimum absolute atomic E-state index is 0.266. The van der Waals surface area contributed by atoms with Crippen molar-refractivity contribution < 1.29 is 14.6 Å². The van der Waals surface area contributed by atoms with Crippen LogP contribution in [0.4, 0.5) is 0 Å². The second-order valence-electron chi connectivity index (χ2n) is 4.55. The molecule has 0 bridgehead atoms. The van der Waals surface area contributed by atoms with Crippen LogP contribution in [0.3, 0.4) is 0 Å². The maximum atomic E-state index is 10.1. The molecule has 0 radical (unpaired) electrons. The van der Waals surface area contributed by atoms with Crippen molar-refractivity contribution in [3.05, 3.63) is 23.8 Å². The minimum Gasteiger partial charge on any atom is -0.493 e. The van der Waals surface area contributed by atoms with E-state index in [2.05, 4.69) is 6.07 Å². The summed E-state index contributed by atoms with van der Waals surface area (Å²) in [5.41, 5.74) is 0.773. The predicted octanol–water partition coefficient (Wildman–Crippen LogP) is 2.08. The van der Waals surface area contributed by atoms with Crippen molar-refractivity contribution in [1.29, 1.82) is 5.26 Å². The highest BCUT2D eigenvalue weighted by atomic mass is 16.5. The van der Waals surface area contributed by atoms with E-state index in [9.17, 15) is 10.4 Å². The molecule has 4 heteroatoms. The monoisotopic (exact) mass is 247 g/mol. The normalized spacial score (nSPS) is 17.7. The number of aliphatic hydroxyl groups is 1. The summed E-state index contributed by atoms with van der Waals surface area (Å²) in [6.07, 6.45) is 1.42. The van der Waals surface area contributed by atoms with Crippen LogP contribution in [0.1, 0.15) is 24.3 Å². The molecule has 1 fully saturated rings. The summed E-state index contributed by atoms with van der Waals surface area (Å²) in [7, 11) is 3.12. The molecule has 1 N–H and O–H groups in total. The van der Waals surface area contributed by atoms with Gasteiger partial charge in [0.1, 0.15) is 0 Å². The van der Waals surface area contributed by atoms with E-state index in [0.717, 1.165) is 18.4 Å². The van der Waals surface area contributed by atoms with Crippen LogP contribution in [0.2, 0.25) is 0 Å². The van der Waals surface area contributed by atoms with Crippen LogP contribution in [0.25, 0.3) is 0 Å². The Bertz CT molecular complexity index is 463. The first-order valence-electron chi connectivity index (χ1n) is 6.01. The van der Waals surface area contributed by atoms with Crippen molar-refractivity contribution >= 4 is 0 Å². The second kappa shape index (κ2) is 5.28. The molecule has 2 unspecified atom stereocenters. The molecule has 18 heavy (non-hydrogen) atoms. The first kappa shape index (κ1) is 12.7. The van der Waals surface area contributed by atoms with Gasteiger partial charge >= 0.3 is 0 Å². The molecule has 0 heterocycles. The summed E-state index contributed by atoms with van der Waals surface area (Å²) in [6, 6.07) is 7.51. The van der Waals surface area contributed by atoms with E-state index in [4.69, 9.17) is 9.47 Å². The molecule has 0 saturated heterocycles. The summed E-state index contributed by atoms with van der Waals surface area (Å²) in [4.78, 5) is 0. The molecule has 1 aromatic carbocycles. The highest BCUT2D eigenvalue weighted by Crippen LogP contribution is 2.40. The minimum atomic E-state index is -0.590. The van der Waals surface area contributed by atoms with E-state index in [1.165, 1.54) is 0 Å². The van der Waals surface area contributed by atoms with Gasteiger partial charge in [0.2, 0.25) is 0 Å². The quantitative estimate of drug-likeness (QED) is 0.865. The molecule has 1 aliphatic carbocycles. The van der Waals surface area contributed by atoms with Gasteiger partial charge in [-0.05, 0) is 36.5 Å². The lowest BCUT2D eigenvalue weighted by atomic mass is 9.92. The zero-order chi connectivity index (χ0) is 13.1. The van der Waals surface area contributed by atoms with Gasteiger partial charge in [0.05, 0.1) is 32.3 Å². The fraction of sp³-hybridized carbons (Fsp3) is 0.500. The number of aliphatic hydroxyl groups excluding tert-OH is 1. The number of rotatable bonds is 5. The number of nitrogens with zero attached hydrogens (tertiary/aromatic N) is 1. The van der Waals surface area contributed by atoms with Crippen LogP contribution in [-0.4, -0.2) is 25.4 Å². The number of hydrogen-bond acceptors (Lipinski definition) is 4. The molecule has 1 aliphatic rings. The van der Waals surface area contributed by atoms with Gasteiger partial charge in [-0.3, -0.25) is 0 Å². The lowest BCUT2D eigenvalue weighted by molar-refractivity contribution is 0.138. The molecular weight excluding hydrogens is 230 g/mol. The van der Waals surface area contributed by atoms with Gasteiger partial charge in [0.15, 0.2) is 11.5 Å². The Balaban J connectivity index is 2.28. The van der Waals surface area contributed by atoms with Gasteiger partial charge in [-0.15, -0.1) is 0 Å². The number of benzene rings is 1. The van der Waals surface area contributed by atoms with E-state index in [1.807, 2.05) is 0 Å². The van der Waals surface area contributed by atoms with E-state index in [1.54, 1.807) is 32.4 Å². The van der Waals surface area contributed by atoms with E-state index < -0.39 is 12.0 Å². The van der Waals surface area contributed by atoms with Crippen molar-refractivity contribution in [3.63, 3.8) is 0 Å². The van der Waals surface area contributed by atoms with Crippen LogP contribution in [-0.2, 0) is 0 Å². The van der Waals surface area contributed by atoms with Crippen molar-refractivity contribution in [2.45, 2.75) is 24.9 Å². The molecule has 0 aromatic heterocycles. The van der Waals surface area contributed by atoms with Gasteiger partial charge in [-0.2, -0.15) is 5.26 Å². The Labute approximate surface area is 107 Å². The van der Waals surface area contributed by atoms with E-state index in [0.29, 0.717) is 11.5 Å². The number of hydrogen-bond donors (Lipinski definition) is 1. The number of ether oxygens (including phenoxy) is 2. The number of nitriles is 1. The van der Waals surface area contributed by atoms with Crippen LogP contribution < -0.4 is 9.47 Å². The lowest BCUT2D eigenvalue weighted by Gasteiger charge is -2.17. The molecule has 1 aromatic rings. The van der Waals surface area contributed by atoms with Crippen molar-refractivity contribution in [3.8, 4) is 17.6 Å². The fourth-order valence-electron chi connectivity index (χ4n) is 2.10. The van der Waals surface area contributed by atoms with Crippen molar-refractivity contribution in [2.24, 2.45) is 5.92 Å². The van der Waals surface area contributed by atoms with Gasteiger partial charge in [-0.1, -0.05) is 6.07 Å². The Kier molecular flexibility index (Phi) is 3.73. The molecule has 4 nitrogen and oxygen atoms in total. The fourth-order valence-corrected chi connectivity index (χ4v) is 2.10. The SMILES string of the molecule is COc1ccc(C(C#N)C(O)C2CC2)cc1OC. The van der Waals surface area contributed by atoms with Crippen molar-refractivity contribution in [1.82, 2.24) is 0 Å². The summed E-state index contributed by atoms with van der Waals surface area (Å²) >= 11 is 0. The molecule has 0 spiro atoms. The summed E-state index contributed by atoms with van der Waals surface area (Å²) in [5.74, 6) is 0.970. The van der Waals surface area contributed by atoms with Crippen LogP contribution in [0.5, 0.6) is 11.5 Å². The number of methoxy groups -OCH3 is 2. The van der Waals surface area contributed by atoms with Crippen molar-refractivity contribution in [2.75, 3.05) is 14.2 Å². The predicted molar refractivity (Wildman–Crippen MR) is 66.6 cm³/mol. The topological polar surface area (TPSA) is 62.5 Å². The van der Waals surface area contributed by atoms with Crippen LogP contribution in [0.15, 0.2) is 18.2 Å². The molecule has 1 saturated carbocycles. The van der Waals surface area contributed by atoms with Gasteiger partial charge in [-0.25, -0.2) is 0 Å². The van der Waals surface area contributed by atoms with E-state index in [-0.39, 0.29) is 5.92 Å². The highest BCUT2D eigenvalue weighted by molar-refractivity contribution is 5.45. The maximum absolute atomic E-state index is 10.1. The molecule has 2 atom stereocenters. The third-order valence-electron chi connectivity index (χ3n) is 3.35. The standard InChI is InChI=1S/C14H17NO3/c1-17-12-6-5-10(7-13(12)18-2)11(8-15)14(16)9-3-4-9/h5-7,9,11,14,16H,3-4H2,1-2H3. The molecule has 2 rings (SSSR count). The maximum Gasteiger partial charge on any atom is 0.161 e. The van der Waals surface area contributed by atoms with Gasteiger partial charge < -0.3 is 14.6 Å². The Morgan fingerprint density at radius 3 is 2.44 bits per heavy atom. The first-order chi connectivity index (χ1) is 8.71. The Morgan fingerprint density at radius 2 is 1.94 bits per heavy atom. The third-order valence-corrected chi connectivity index (χ3v) is 3.35. The Morgan fingerprint density at radius 1 is 1.28 bits per heavy atom. The molecule has 0 aliphatic heterocycles. The average Bonchev–Trinajstić information content (AvgIpc) is 3.23. The average molecular weight is 247 g/mol. The van der Waals surface area contributed by atoms with E-state index >= 15 is 0 Å². The highest BCUT2D eigenvalue weighted by Gasteiger charge is 2.36. The zero-order valence-corrected chi connectivity index (χ0v) is 10.6. The Hall–Kier alpha value is -1.73. The zero-order valence-electron chi connectivity index (χ0n) is 10.6. The first-order valence-corrected chi connectivity index (χ1v) is 6.01. The third kappa shape index (κ3) is 2.41. The second-order valence-corrected chi connectivity index (χ2v) is 4.55. The molecule has 0 amide bonds. The summed E-state index contributed by atoms with van der Waals surface area (Å²) < 4.78 is 10.4. The summed E-state index contributed by atoms with van der Waals surface area (Å²) in [6.45, 7) is 0. The summed E-state index contributed by atoms with van der Waals surface area (Å²) in [5, 5.41) is 19.3. The molecule has 96 valence electrons. The smallest absolute Gasteiger partial charge is 0.161 e. The van der Waals surface area contributed by atoms with Gasteiger partial charge in [0, 0.05) is 0 Å². The molecular formula is C14H17NO3. The lowest BCUT2D eigenvalue weighted by Crippen LogP contribution is -2.19. The largest absolute Gasteiger partial charge is 0.493 e. The van der Waals surface area contributed by atoms with Crippen LogP contribution in [0, 0.1) is 17.2 Å².